The van der Waals surface area contributed by atoms with Gasteiger partial charge in [-0.15, -0.1) is 0 Å². The number of methoxy groups -OCH3 is 1. The van der Waals surface area contributed by atoms with Gasteiger partial charge in [-0.25, -0.2) is 13.1 Å². The summed E-state index contributed by atoms with van der Waals surface area (Å²) in [5, 5.41) is 2.48. The molecular formula is C14H20N2O5S. The van der Waals surface area contributed by atoms with E-state index in [2.05, 4.69) is 14.8 Å². The number of ether oxygens (including phenoxy) is 1. The van der Waals surface area contributed by atoms with Crippen molar-refractivity contribution in [2.75, 3.05) is 12.4 Å². The molecule has 2 N–H and O–H groups in total. The lowest BCUT2D eigenvalue weighted by atomic mass is 10.3. The van der Waals surface area contributed by atoms with Crippen molar-refractivity contribution >= 4 is 27.6 Å². The van der Waals surface area contributed by atoms with Gasteiger partial charge in [-0.1, -0.05) is 6.92 Å². The molecule has 1 rings (SSSR count). The van der Waals surface area contributed by atoms with Crippen molar-refractivity contribution in [1.29, 1.82) is 0 Å². The van der Waals surface area contributed by atoms with Gasteiger partial charge in [-0.05, 0) is 37.6 Å². The van der Waals surface area contributed by atoms with Gasteiger partial charge >= 0.3 is 5.97 Å². The van der Waals surface area contributed by atoms with Gasteiger partial charge in [0.15, 0.2) is 0 Å². The van der Waals surface area contributed by atoms with Crippen LogP contribution in [0.15, 0.2) is 29.2 Å². The Bertz CT molecular complexity index is 625. The van der Waals surface area contributed by atoms with Crippen LogP contribution in [0.25, 0.3) is 0 Å². The Morgan fingerprint density at radius 3 is 2.32 bits per heavy atom. The Morgan fingerprint density at radius 1 is 1.23 bits per heavy atom. The molecule has 8 heteroatoms. The average molecular weight is 328 g/mol. The standard InChI is InChI=1S/C14H20N2O5S/c1-4-10(2)16-22(19,20)12-7-5-11(6-8-12)15-13(17)9-14(18)21-3/h5-8,10,16H,4,9H2,1-3H3,(H,15,17). The lowest BCUT2D eigenvalue weighted by Gasteiger charge is -2.12. The number of amides is 1. The zero-order chi connectivity index (χ0) is 16.8. The molecule has 1 unspecified atom stereocenters. The molecular weight excluding hydrogens is 308 g/mol. The molecule has 0 saturated heterocycles. The maximum atomic E-state index is 12.1. The highest BCUT2D eigenvalue weighted by molar-refractivity contribution is 7.89. The van der Waals surface area contributed by atoms with Crippen LogP contribution < -0.4 is 10.0 Å². The van der Waals surface area contributed by atoms with Crippen LogP contribution in [0.3, 0.4) is 0 Å². The van der Waals surface area contributed by atoms with Crippen molar-refractivity contribution in [3.05, 3.63) is 24.3 Å². The van der Waals surface area contributed by atoms with Crippen molar-refractivity contribution < 1.29 is 22.7 Å². The van der Waals surface area contributed by atoms with Crippen LogP contribution in [0.2, 0.25) is 0 Å². The van der Waals surface area contributed by atoms with Crippen molar-refractivity contribution in [2.45, 2.75) is 37.6 Å². The Kier molecular flexibility index (Phi) is 6.51. The van der Waals surface area contributed by atoms with Crippen LogP contribution in [0.5, 0.6) is 0 Å². The number of benzene rings is 1. The first kappa shape index (κ1) is 18.1. The zero-order valence-electron chi connectivity index (χ0n) is 12.8. The third kappa shape index (κ3) is 5.45. The number of carbonyl (C=O) groups excluding carboxylic acids is 2. The Hall–Kier alpha value is -1.93. The largest absolute Gasteiger partial charge is 0.469 e. The first-order valence-corrected chi connectivity index (χ1v) is 8.26. The van der Waals surface area contributed by atoms with Gasteiger partial charge in [-0.3, -0.25) is 9.59 Å². The number of nitrogens with one attached hydrogen (secondary N) is 2. The highest BCUT2D eigenvalue weighted by atomic mass is 32.2. The summed E-state index contributed by atoms with van der Waals surface area (Å²) in [6.45, 7) is 3.66. The first-order valence-electron chi connectivity index (χ1n) is 6.77. The molecule has 122 valence electrons. The second-order valence-corrected chi connectivity index (χ2v) is 6.47. The first-order chi connectivity index (χ1) is 10.3. The Balaban J connectivity index is 2.74. The lowest BCUT2D eigenvalue weighted by Crippen LogP contribution is -2.31. The highest BCUT2D eigenvalue weighted by Gasteiger charge is 2.16. The van der Waals surface area contributed by atoms with E-state index in [1.807, 2.05) is 6.92 Å². The molecule has 0 aliphatic rings. The third-order valence-electron chi connectivity index (χ3n) is 2.95. The fourth-order valence-corrected chi connectivity index (χ4v) is 2.87. The fourth-order valence-electron chi connectivity index (χ4n) is 1.54. The second-order valence-electron chi connectivity index (χ2n) is 4.76. The summed E-state index contributed by atoms with van der Waals surface area (Å²) in [5.41, 5.74) is 0.399. The normalized spacial score (nSPS) is 12.5. The topological polar surface area (TPSA) is 102 Å². The minimum Gasteiger partial charge on any atom is -0.469 e. The SMILES string of the molecule is CCC(C)NS(=O)(=O)c1ccc(NC(=O)CC(=O)OC)cc1. The molecule has 0 bridgehead atoms. The fraction of sp³-hybridized carbons (Fsp3) is 0.429. The summed E-state index contributed by atoms with van der Waals surface area (Å²) in [7, 11) is -2.38. The van der Waals surface area contributed by atoms with E-state index < -0.39 is 28.3 Å². The van der Waals surface area contributed by atoms with Gasteiger partial charge in [-0.2, -0.15) is 0 Å². The molecule has 0 spiro atoms. The van der Waals surface area contributed by atoms with Crippen LogP contribution in [0.1, 0.15) is 26.7 Å². The quantitative estimate of drug-likeness (QED) is 0.580. The number of carbonyl (C=O) groups is 2. The number of hydrogen-bond donors (Lipinski definition) is 2. The summed E-state index contributed by atoms with van der Waals surface area (Å²) >= 11 is 0. The third-order valence-corrected chi connectivity index (χ3v) is 4.56. The molecule has 7 nitrogen and oxygen atoms in total. The molecule has 0 aliphatic carbocycles. The molecule has 0 aliphatic heterocycles. The highest BCUT2D eigenvalue weighted by Crippen LogP contribution is 2.15. The van der Waals surface area contributed by atoms with Crippen LogP contribution in [-0.4, -0.2) is 33.4 Å². The van der Waals surface area contributed by atoms with E-state index in [0.717, 1.165) is 0 Å². The number of anilines is 1. The summed E-state index contributed by atoms with van der Waals surface area (Å²) in [6, 6.07) is 5.53. The minimum absolute atomic E-state index is 0.110. The maximum Gasteiger partial charge on any atom is 0.315 e. The number of sulfonamides is 1. The van der Waals surface area contributed by atoms with Gasteiger partial charge in [0.25, 0.3) is 0 Å². The van der Waals surface area contributed by atoms with E-state index in [1.165, 1.54) is 31.4 Å². The molecule has 1 amide bonds. The van der Waals surface area contributed by atoms with Crippen molar-refractivity contribution in [2.24, 2.45) is 0 Å². The van der Waals surface area contributed by atoms with E-state index in [-0.39, 0.29) is 10.9 Å². The summed E-state index contributed by atoms with van der Waals surface area (Å²) in [6.07, 6.45) is 0.285. The monoisotopic (exact) mass is 328 g/mol. The van der Waals surface area contributed by atoms with Gasteiger partial charge < -0.3 is 10.1 Å². The van der Waals surface area contributed by atoms with Gasteiger partial charge in [0, 0.05) is 11.7 Å². The molecule has 1 aromatic rings. The summed E-state index contributed by atoms with van der Waals surface area (Å²) < 4.78 is 31.0. The second kappa shape index (κ2) is 7.90. The molecule has 22 heavy (non-hydrogen) atoms. The number of rotatable bonds is 7. The Morgan fingerprint density at radius 2 is 1.82 bits per heavy atom. The number of hydrogen-bond acceptors (Lipinski definition) is 5. The van der Waals surface area contributed by atoms with Gasteiger partial charge in [0.05, 0.1) is 12.0 Å². The summed E-state index contributed by atoms with van der Waals surface area (Å²) in [4.78, 5) is 22.6. The molecule has 0 saturated carbocycles. The molecule has 1 aromatic carbocycles. The van der Waals surface area contributed by atoms with Crippen molar-refractivity contribution in [1.82, 2.24) is 4.72 Å². The van der Waals surface area contributed by atoms with Crippen LogP contribution in [-0.2, 0) is 24.3 Å². The van der Waals surface area contributed by atoms with E-state index in [0.29, 0.717) is 12.1 Å². The van der Waals surface area contributed by atoms with Gasteiger partial charge in [0.1, 0.15) is 6.42 Å². The molecule has 0 radical (unpaired) electrons. The predicted octanol–water partition coefficient (Wildman–Crippen LogP) is 1.26. The maximum absolute atomic E-state index is 12.1. The van der Waals surface area contributed by atoms with Crippen LogP contribution >= 0.6 is 0 Å². The molecule has 0 heterocycles. The van der Waals surface area contributed by atoms with Crippen molar-refractivity contribution in [3.8, 4) is 0 Å². The minimum atomic E-state index is -3.58. The summed E-state index contributed by atoms with van der Waals surface area (Å²) in [5.74, 6) is -1.17. The number of esters is 1. The Labute approximate surface area is 130 Å². The van der Waals surface area contributed by atoms with Gasteiger partial charge in [0.2, 0.25) is 15.9 Å². The lowest BCUT2D eigenvalue weighted by molar-refractivity contribution is -0.142. The predicted molar refractivity (Wildman–Crippen MR) is 81.8 cm³/mol. The van der Waals surface area contributed by atoms with Crippen molar-refractivity contribution in [3.63, 3.8) is 0 Å². The van der Waals surface area contributed by atoms with Crippen LogP contribution in [0.4, 0.5) is 5.69 Å². The van der Waals surface area contributed by atoms with E-state index in [4.69, 9.17) is 0 Å². The molecule has 0 aromatic heterocycles. The smallest absolute Gasteiger partial charge is 0.315 e. The zero-order valence-corrected chi connectivity index (χ0v) is 13.6. The van der Waals surface area contributed by atoms with E-state index in [9.17, 15) is 18.0 Å². The van der Waals surface area contributed by atoms with E-state index >= 15 is 0 Å². The van der Waals surface area contributed by atoms with E-state index in [1.54, 1.807) is 6.92 Å². The molecule has 0 fully saturated rings. The average Bonchev–Trinajstić information content (AvgIpc) is 2.46. The van der Waals surface area contributed by atoms with Crippen LogP contribution in [0, 0.1) is 0 Å². The molecule has 1 atom stereocenters.